The smallest absolute Gasteiger partial charge is 0.333 e. The van der Waals surface area contributed by atoms with E-state index in [0.29, 0.717) is 29.6 Å². The van der Waals surface area contributed by atoms with Crippen LogP contribution in [0, 0.1) is 0 Å². The Bertz CT molecular complexity index is 361. The fourth-order valence-corrected chi connectivity index (χ4v) is 2.11. The summed E-state index contributed by atoms with van der Waals surface area (Å²) >= 11 is 0. The molecule has 0 heterocycles. The van der Waals surface area contributed by atoms with E-state index < -0.39 is 7.60 Å². The summed E-state index contributed by atoms with van der Waals surface area (Å²) in [6.07, 6.45) is 1.15. The summed E-state index contributed by atoms with van der Waals surface area (Å²) in [5.74, 6) is -0.388. The van der Waals surface area contributed by atoms with Gasteiger partial charge in [0.2, 0.25) is 0 Å². The molecule has 0 saturated heterocycles. The fraction of sp³-hybridized carbons (Fsp3) is 0.750. The lowest BCUT2D eigenvalue weighted by atomic mass is 10.3. The SMILES string of the molecule is C=C(C)C(=O)OCC[N+](C)(C)CCCCP(=O)(O)O. The molecule has 0 aliphatic carbocycles. The minimum Gasteiger partial charge on any atom is -0.456 e. The fourth-order valence-electron chi connectivity index (χ4n) is 1.48. The van der Waals surface area contributed by atoms with Gasteiger partial charge in [0.25, 0.3) is 0 Å². The molecule has 0 spiro atoms. The van der Waals surface area contributed by atoms with Crippen LogP contribution < -0.4 is 0 Å². The number of carbonyl (C=O) groups excluding carboxylic acids is 1. The number of unbranched alkanes of at least 4 members (excludes halogenated alkanes) is 1. The lowest BCUT2D eigenvalue weighted by Crippen LogP contribution is -2.43. The van der Waals surface area contributed by atoms with Crippen molar-refractivity contribution in [2.24, 2.45) is 0 Å². The molecule has 0 aliphatic rings. The zero-order valence-electron chi connectivity index (χ0n) is 12.0. The van der Waals surface area contributed by atoms with Gasteiger partial charge in [0.05, 0.1) is 26.8 Å². The first-order chi connectivity index (χ1) is 8.53. The third-order valence-corrected chi connectivity index (χ3v) is 3.64. The second-order valence-corrected chi connectivity index (χ2v) is 7.17. The summed E-state index contributed by atoms with van der Waals surface area (Å²) < 4.78 is 16.4. The van der Waals surface area contributed by atoms with E-state index in [1.807, 2.05) is 14.1 Å². The molecule has 0 atom stereocenters. The number of ether oxygens (including phenoxy) is 1. The molecular weight excluding hydrogens is 269 g/mol. The van der Waals surface area contributed by atoms with Crippen LogP contribution in [0.5, 0.6) is 0 Å². The maximum atomic E-state index is 11.2. The van der Waals surface area contributed by atoms with Crippen molar-refractivity contribution < 1.29 is 28.4 Å². The van der Waals surface area contributed by atoms with Gasteiger partial charge in [-0.2, -0.15) is 0 Å². The van der Waals surface area contributed by atoms with Gasteiger partial charge in [-0.3, -0.25) is 4.57 Å². The van der Waals surface area contributed by atoms with Crippen LogP contribution in [-0.4, -0.2) is 60.2 Å². The number of hydrogen-bond donors (Lipinski definition) is 2. The van der Waals surface area contributed by atoms with E-state index >= 15 is 0 Å². The Kier molecular flexibility index (Phi) is 7.52. The predicted octanol–water partition coefficient (Wildman–Crippen LogP) is 1.14. The second kappa shape index (κ2) is 7.80. The second-order valence-electron chi connectivity index (χ2n) is 5.39. The molecule has 112 valence electrons. The molecule has 0 aromatic heterocycles. The maximum Gasteiger partial charge on any atom is 0.333 e. The van der Waals surface area contributed by atoms with Crippen molar-refractivity contribution in [3.8, 4) is 0 Å². The molecule has 2 N–H and O–H groups in total. The van der Waals surface area contributed by atoms with Crippen molar-refractivity contribution >= 4 is 13.6 Å². The van der Waals surface area contributed by atoms with E-state index in [1.165, 1.54) is 0 Å². The highest BCUT2D eigenvalue weighted by molar-refractivity contribution is 7.51. The van der Waals surface area contributed by atoms with Crippen LogP contribution >= 0.6 is 7.60 Å². The number of hydrogen-bond acceptors (Lipinski definition) is 3. The van der Waals surface area contributed by atoms with Crippen LogP contribution in [0.3, 0.4) is 0 Å². The van der Waals surface area contributed by atoms with Gasteiger partial charge in [-0.15, -0.1) is 0 Å². The van der Waals surface area contributed by atoms with Crippen LogP contribution in [0.1, 0.15) is 19.8 Å². The monoisotopic (exact) mass is 294 g/mol. The molecule has 0 fully saturated rings. The number of likely N-dealkylation sites (N-methyl/N-ethyl adjacent to an activating group) is 1. The molecule has 19 heavy (non-hydrogen) atoms. The molecule has 0 aromatic carbocycles. The number of esters is 1. The molecular formula is C12H25NO5P+. The Morgan fingerprint density at radius 3 is 2.32 bits per heavy atom. The molecule has 6 nitrogen and oxygen atoms in total. The van der Waals surface area contributed by atoms with Crippen molar-refractivity contribution in [2.45, 2.75) is 19.8 Å². The molecule has 7 heteroatoms. The third-order valence-electron chi connectivity index (χ3n) is 2.74. The molecule has 0 bridgehead atoms. The molecule has 0 unspecified atom stereocenters. The van der Waals surface area contributed by atoms with Crippen LogP contribution in [-0.2, 0) is 14.1 Å². The Morgan fingerprint density at radius 2 is 1.84 bits per heavy atom. The van der Waals surface area contributed by atoms with Crippen molar-refractivity contribution in [3.05, 3.63) is 12.2 Å². The van der Waals surface area contributed by atoms with Crippen molar-refractivity contribution in [2.75, 3.05) is 40.0 Å². The van der Waals surface area contributed by atoms with Gasteiger partial charge < -0.3 is 19.0 Å². The summed E-state index contributed by atoms with van der Waals surface area (Å²) in [6, 6.07) is 0. The number of nitrogens with zero attached hydrogens (tertiary/aromatic N) is 1. The third kappa shape index (κ3) is 10.9. The normalized spacial score (nSPS) is 12.3. The van der Waals surface area contributed by atoms with Gasteiger partial charge in [0.1, 0.15) is 13.2 Å². The Morgan fingerprint density at radius 1 is 1.26 bits per heavy atom. The topological polar surface area (TPSA) is 83.8 Å². The van der Waals surface area contributed by atoms with Gasteiger partial charge in [0, 0.05) is 5.57 Å². The highest BCUT2D eigenvalue weighted by Crippen LogP contribution is 2.35. The van der Waals surface area contributed by atoms with Crippen molar-refractivity contribution in [1.29, 1.82) is 0 Å². The Labute approximate surface area is 114 Å². The molecule has 0 aliphatic heterocycles. The Hall–Kier alpha value is -0.680. The molecule has 0 amide bonds. The van der Waals surface area contributed by atoms with Gasteiger partial charge >= 0.3 is 13.6 Å². The molecule has 0 saturated carbocycles. The quantitative estimate of drug-likeness (QED) is 0.219. The van der Waals surface area contributed by atoms with Gasteiger partial charge in [-0.05, 0) is 19.8 Å². The average molecular weight is 294 g/mol. The molecule has 0 radical (unpaired) electrons. The van der Waals surface area contributed by atoms with E-state index in [2.05, 4.69) is 6.58 Å². The van der Waals surface area contributed by atoms with E-state index in [-0.39, 0.29) is 12.1 Å². The lowest BCUT2D eigenvalue weighted by molar-refractivity contribution is -0.890. The number of quaternary nitrogens is 1. The zero-order valence-corrected chi connectivity index (χ0v) is 12.9. The minimum absolute atomic E-state index is 0.0718. The lowest BCUT2D eigenvalue weighted by Gasteiger charge is -2.29. The first kappa shape index (κ1) is 18.3. The van der Waals surface area contributed by atoms with Crippen molar-refractivity contribution in [1.82, 2.24) is 0 Å². The van der Waals surface area contributed by atoms with E-state index in [1.54, 1.807) is 6.92 Å². The highest BCUT2D eigenvalue weighted by Gasteiger charge is 2.17. The van der Waals surface area contributed by atoms with E-state index in [9.17, 15) is 9.36 Å². The van der Waals surface area contributed by atoms with Crippen LogP contribution in [0.2, 0.25) is 0 Å². The molecule has 0 aromatic rings. The van der Waals surface area contributed by atoms with Crippen LogP contribution in [0.4, 0.5) is 0 Å². The van der Waals surface area contributed by atoms with E-state index in [0.717, 1.165) is 13.0 Å². The first-order valence-electron chi connectivity index (χ1n) is 6.23. The molecule has 0 rings (SSSR count). The largest absolute Gasteiger partial charge is 0.456 e. The summed E-state index contributed by atoms with van der Waals surface area (Å²) in [7, 11) is 0.105. The Balaban J connectivity index is 3.83. The summed E-state index contributed by atoms with van der Waals surface area (Å²) in [5.41, 5.74) is 0.381. The average Bonchev–Trinajstić information content (AvgIpc) is 2.22. The predicted molar refractivity (Wildman–Crippen MR) is 73.8 cm³/mol. The number of carbonyl (C=O) groups is 1. The van der Waals surface area contributed by atoms with Gasteiger partial charge in [0.15, 0.2) is 0 Å². The highest BCUT2D eigenvalue weighted by atomic mass is 31.2. The summed E-state index contributed by atoms with van der Waals surface area (Å²) in [6.45, 7) is 6.86. The summed E-state index contributed by atoms with van der Waals surface area (Å²) in [4.78, 5) is 28.7. The van der Waals surface area contributed by atoms with Crippen molar-refractivity contribution in [3.63, 3.8) is 0 Å². The van der Waals surface area contributed by atoms with Gasteiger partial charge in [-0.25, -0.2) is 4.79 Å². The standard InChI is InChI=1S/C12H24NO5P/c1-11(2)12(14)18-9-8-13(3,4)7-5-6-10-19(15,16)17/h1,5-10H2,2-4H3,(H-,15,16,17)/p+1. The number of rotatable bonds is 9. The maximum absolute atomic E-state index is 11.2. The van der Waals surface area contributed by atoms with Crippen LogP contribution in [0.25, 0.3) is 0 Å². The first-order valence-corrected chi connectivity index (χ1v) is 8.02. The van der Waals surface area contributed by atoms with E-state index in [4.69, 9.17) is 14.5 Å². The summed E-state index contributed by atoms with van der Waals surface area (Å²) in [5, 5.41) is 0. The van der Waals surface area contributed by atoms with Crippen LogP contribution in [0.15, 0.2) is 12.2 Å². The van der Waals surface area contributed by atoms with Gasteiger partial charge in [-0.1, -0.05) is 6.58 Å². The zero-order chi connectivity index (χ0) is 15.1. The minimum atomic E-state index is -3.88.